The summed E-state index contributed by atoms with van der Waals surface area (Å²) in [5.41, 5.74) is 3.57. The predicted octanol–water partition coefficient (Wildman–Crippen LogP) is 6.52. The highest BCUT2D eigenvalue weighted by Crippen LogP contribution is 2.30. The van der Waals surface area contributed by atoms with Gasteiger partial charge in [-0.1, -0.05) is 50.2 Å². The van der Waals surface area contributed by atoms with E-state index in [0.29, 0.717) is 48.5 Å². The normalized spacial score (nSPS) is 11.1. The maximum absolute atomic E-state index is 12.5. The van der Waals surface area contributed by atoms with Gasteiger partial charge >= 0.3 is 0 Å². The molecule has 3 rings (SSSR count). The number of carbonyl (C=O) groups excluding carboxylic acids is 1. The van der Waals surface area contributed by atoms with Crippen LogP contribution in [0.3, 0.4) is 0 Å². The molecule has 0 fully saturated rings. The van der Waals surface area contributed by atoms with Crippen molar-refractivity contribution in [3.05, 3.63) is 89.0 Å². The molecule has 0 aromatic heterocycles. The number of amides is 1. The largest absolute Gasteiger partial charge is 0.490 e. The lowest BCUT2D eigenvalue weighted by atomic mass is 10.0. The Bertz CT molecular complexity index is 1240. The van der Waals surface area contributed by atoms with E-state index in [1.54, 1.807) is 30.3 Å². The van der Waals surface area contributed by atoms with Gasteiger partial charge in [0, 0.05) is 5.69 Å². The van der Waals surface area contributed by atoms with Crippen LogP contribution in [-0.2, 0) is 4.79 Å². The molecule has 0 saturated carbocycles. The zero-order chi connectivity index (χ0) is 25.9. The minimum Gasteiger partial charge on any atom is -0.490 e. The molecule has 3 aromatic carbocycles. The van der Waals surface area contributed by atoms with Crippen LogP contribution in [-0.4, -0.2) is 25.7 Å². The van der Waals surface area contributed by atoms with E-state index in [-0.39, 0.29) is 5.57 Å². The molecule has 0 aliphatic rings. The molecule has 1 N–H and O–H groups in total. The van der Waals surface area contributed by atoms with Gasteiger partial charge in [-0.3, -0.25) is 4.79 Å². The first-order valence-corrected chi connectivity index (χ1v) is 12.0. The molecule has 0 unspecified atom stereocenters. The van der Waals surface area contributed by atoms with Crippen LogP contribution in [0, 0.1) is 18.3 Å². The summed E-state index contributed by atoms with van der Waals surface area (Å²) in [6.07, 6.45) is 1.53. The fourth-order valence-corrected chi connectivity index (χ4v) is 3.58. The highest BCUT2D eigenvalue weighted by atomic mass is 16.5. The van der Waals surface area contributed by atoms with E-state index in [1.165, 1.54) is 6.08 Å². The Morgan fingerprint density at radius 2 is 1.67 bits per heavy atom. The van der Waals surface area contributed by atoms with Crippen molar-refractivity contribution >= 4 is 17.7 Å². The Morgan fingerprint density at radius 3 is 2.33 bits per heavy atom. The Hall–Kier alpha value is -4.24. The van der Waals surface area contributed by atoms with Crippen molar-refractivity contribution in [1.29, 1.82) is 5.26 Å². The monoisotopic (exact) mass is 484 g/mol. The van der Waals surface area contributed by atoms with Gasteiger partial charge in [0.1, 0.15) is 30.6 Å². The third-order valence-corrected chi connectivity index (χ3v) is 5.36. The van der Waals surface area contributed by atoms with Crippen LogP contribution in [0.4, 0.5) is 5.69 Å². The molecule has 0 atom stereocenters. The van der Waals surface area contributed by atoms with E-state index in [1.807, 2.05) is 44.2 Å². The van der Waals surface area contributed by atoms with E-state index < -0.39 is 5.91 Å². The second-order valence-corrected chi connectivity index (χ2v) is 8.52. The lowest BCUT2D eigenvalue weighted by molar-refractivity contribution is -0.112. The average Bonchev–Trinajstić information content (AvgIpc) is 2.86. The number of hydrogen-bond donors (Lipinski definition) is 1. The fourth-order valence-electron chi connectivity index (χ4n) is 3.58. The number of nitriles is 1. The summed E-state index contributed by atoms with van der Waals surface area (Å²) in [5, 5.41) is 12.2. The summed E-state index contributed by atoms with van der Waals surface area (Å²) in [7, 11) is 0. The van der Waals surface area contributed by atoms with Crippen molar-refractivity contribution in [2.75, 3.05) is 25.1 Å². The van der Waals surface area contributed by atoms with Crippen molar-refractivity contribution in [3.63, 3.8) is 0 Å². The Kier molecular flexibility index (Phi) is 9.53. The zero-order valence-electron chi connectivity index (χ0n) is 21.2. The summed E-state index contributed by atoms with van der Waals surface area (Å²) in [6, 6.07) is 22.5. The van der Waals surface area contributed by atoms with Crippen LogP contribution in [0.2, 0.25) is 0 Å². The molecule has 3 aromatic rings. The number of ether oxygens (including phenoxy) is 3. The number of nitrogens with one attached hydrogen (secondary N) is 1. The van der Waals surface area contributed by atoms with Gasteiger partial charge in [0.2, 0.25) is 0 Å². The van der Waals surface area contributed by atoms with Gasteiger partial charge in [0.25, 0.3) is 5.91 Å². The highest BCUT2D eigenvalue weighted by Gasteiger charge is 2.12. The summed E-state index contributed by atoms with van der Waals surface area (Å²) >= 11 is 0. The first-order valence-electron chi connectivity index (χ1n) is 12.0. The molecular weight excluding hydrogens is 452 g/mol. The average molecular weight is 485 g/mol. The van der Waals surface area contributed by atoms with Gasteiger partial charge in [-0.25, -0.2) is 0 Å². The van der Waals surface area contributed by atoms with E-state index in [9.17, 15) is 10.1 Å². The van der Waals surface area contributed by atoms with Gasteiger partial charge in [-0.05, 0) is 72.9 Å². The molecule has 6 nitrogen and oxygen atoms in total. The van der Waals surface area contributed by atoms with Crippen LogP contribution in [0.15, 0.2) is 72.3 Å². The van der Waals surface area contributed by atoms with Gasteiger partial charge in [0.05, 0.1) is 6.61 Å². The molecule has 6 heteroatoms. The molecule has 0 heterocycles. The number of hydrogen-bond acceptors (Lipinski definition) is 5. The van der Waals surface area contributed by atoms with Crippen LogP contribution in [0.5, 0.6) is 17.2 Å². The van der Waals surface area contributed by atoms with E-state index in [0.717, 1.165) is 16.9 Å². The molecule has 0 aliphatic carbocycles. The van der Waals surface area contributed by atoms with Crippen LogP contribution in [0.1, 0.15) is 43.4 Å². The minimum atomic E-state index is -0.476. The number of nitrogens with zero attached hydrogens (tertiary/aromatic N) is 1. The first kappa shape index (κ1) is 26.4. The van der Waals surface area contributed by atoms with Crippen LogP contribution >= 0.6 is 0 Å². The molecular formula is C30H32N2O4. The number of benzene rings is 3. The molecule has 0 saturated heterocycles. The van der Waals surface area contributed by atoms with Gasteiger partial charge in [0.15, 0.2) is 11.5 Å². The van der Waals surface area contributed by atoms with Crippen molar-refractivity contribution in [2.45, 2.75) is 33.6 Å². The summed E-state index contributed by atoms with van der Waals surface area (Å²) < 4.78 is 17.7. The first-order chi connectivity index (χ1) is 17.4. The van der Waals surface area contributed by atoms with Crippen molar-refractivity contribution in [2.24, 2.45) is 0 Å². The predicted molar refractivity (Wildman–Crippen MR) is 143 cm³/mol. The zero-order valence-corrected chi connectivity index (χ0v) is 21.2. The molecule has 0 bridgehead atoms. The summed E-state index contributed by atoms with van der Waals surface area (Å²) in [6.45, 7) is 9.37. The van der Waals surface area contributed by atoms with E-state index in [4.69, 9.17) is 14.2 Å². The second kappa shape index (κ2) is 13.0. The van der Waals surface area contributed by atoms with Gasteiger partial charge in [-0.15, -0.1) is 0 Å². The molecule has 186 valence electrons. The fraction of sp³-hybridized carbons (Fsp3) is 0.267. The van der Waals surface area contributed by atoms with E-state index in [2.05, 4.69) is 31.3 Å². The Balaban J connectivity index is 1.67. The number of anilines is 1. The van der Waals surface area contributed by atoms with Gasteiger partial charge < -0.3 is 19.5 Å². The Morgan fingerprint density at radius 1 is 0.944 bits per heavy atom. The lowest BCUT2D eigenvalue weighted by Crippen LogP contribution is -2.13. The van der Waals surface area contributed by atoms with Crippen molar-refractivity contribution in [1.82, 2.24) is 0 Å². The minimum absolute atomic E-state index is 0.0116. The summed E-state index contributed by atoms with van der Waals surface area (Å²) in [4.78, 5) is 12.5. The molecule has 36 heavy (non-hydrogen) atoms. The Labute approximate surface area is 213 Å². The summed E-state index contributed by atoms with van der Waals surface area (Å²) in [5.74, 6) is 1.86. The second-order valence-electron chi connectivity index (χ2n) is 8.52. The van der Waals surface area contributed by atoms with Crippen molar-refractivity contribution in [3.8, 4) is 23.3 Å². The molecule has 1 amide bonds. The smallest absolute Gasteiger partial charge is 0.266 e. The third kappa shape index (κ3) is 7.38. The SMILES string of the molecule is CCOc1cc(C=C(C#N)C(=O)Nc2ccccc2)ccc1OCCOc1cc(C)ccc1C(C)C. The van der Waals surface area contributed by atoms with Crippen LogP contribution in [0.25, 0.3) is 6.08 Å². The highest BCUT2D eigenvalue weighted by molar-refractivity contribution is 6.09. The quantitative estimate of drug-likeness (QED) is 0.190. The molecule has 0 aliphatic heterocycles. The molecule has 0 radical (unpaired) electrons. The van der Waals surface area contributed by atoms with Gasteiger partial charge in [-0.2, -0.15) is 5.26 Å². The number of carbonyl (C=O) groups is 1. The maximum Gasteiger partial charge on any atom is 0.266 e. The van der Waals surface area contributed by atoms with Crippen LogP contribution < -0.4 is 19.5 Å². The number of rotatable bonds is 11. The van der Waals surface area contributed by atoms with Crippen molar-refractivity contribution < 1.29 is 19.0 Å². The molecule has 0 spiro atoms. The topological polar surface area (TPSA) is 80.6 Å². The maximum atomic E-state index is 12.5. The standard InChI is InChI=1S/C30H32N2O4/c1-5-34-29-19-23(18-24(20-31)30(33)32-25-9-7-6-8-10-25)12-14-27(29)35-15-16-36-28-17-22(4)11-13-26(28)21(2)3/h6-14,17-19,21H,5,15-16H2,1-4H3,(H,32,33). The third-order valence-electron chi connectivity index (χ3n) is 5.36. The number of aryl methyl sites for hydroxylation is 1. The number of para-hydroxylation sites is 1. The van der Waals surface area contributed by atoms with E-state index >= 15 is 0 Å². The lowest BCUT2D eigenvalue weighted by Gasteiger charge is -2.16.